The second-order valence-corrected chi connectivity index (χ2v) is 4.98. The van der Waals surface area contributed by atoms with Gasteiger partial charge in [-0.1, -0.05) is 13.3 Å². The lowest BCUT2D eigenvalue weighted by Crippen LogP contribution is -2.51. The van der Waals surface area contributed by atoms with Crippen LogP contribution in [0.2, 0.25) is 0 Å². The highest BCUT2D eigenvalue weighted by molar-refractivity contribution is 4.77. The zero-order valence-electron chi connectivity index (χ0n) is 10.6. The van der Waals surface area contributed by atoms with Gasteiger partial charge >= 0.3 is 0 Å². The van der Waals surface area contributed by atoms with Crippen LogP contribution in [0.3, 0.4) is 0 Å². The van der Waals surface area contributed by atoms with Crippen molar-refractivity contribution < 1.29 is 0 Å². The maximum atomic E-state index is 6.05. The Labute approximate surface area is 94.6 Å². The molecule has 0 aromatic heterocycles. The van der Waals surface area contributed by atoms with Crippen molar-refractivity contribution in [2.45, 2.75) is 45.7 Å². The molecule has 1 fully saturated rings. The van der Waals surface area contributed by atoms with Gasteiger partial charge in [-0.05, 0) is 20.3 Å². The Morgan fingerprint density at radius 2 is 1.73 bits per heavy atom. The Balaban J connectivity index is 2.19. The number of rotatable bonds is 5. The Bertz CT molecular complexity index is 162. The van der Waals surface area contributed by atoms with Crippen LogP contribution in [0.1, 0.15) is 33.6 Å². The summed E-state index contributed by atoms with van der Waals surface area (Å²) in [6.45, 7) is 12.6. The van der Waals surface area contributed by atoms with Crippen LogP contribution < -0.4 is 5.73 Å². The molecular weight excluding hydrogens is 186 g/mol. The van der Waals surface area contributed by atoms with Crippen molar-refractivity contribution in [1.29, 1.82) is 0 Å². The summed E-state index contributed by atoms with van der Waals surface area (Å²) in [6.07, 6.45) is 2.36. The van der Waals surface area contributed by atoms with E-state index in [4.69, 9.17) is 5.73 Å². The van der Waals surface area contributed by atoms with Crippen LogP contribution in [0.15, 0.2) is 0 Å². The molecule has 3 heteroatoms. The molecular formula is C12H27N3. The van der Waals surface area contributed by atoms with E-state index in [2.05, 4.69) is 30.6 Å². The Morgan fingerprint density at radius 1 is 1.13 bits per heavy atom. The Hall–Kier alpha value is -0.120. The molecule has 0 bridgehead atoms. The van der Waals surface area contributed by atoms with Gasteiger partial charge < -0.3 is 5.73 Å². The molecule has 0 aliphatic carbocycles. The first-order valence-electron chi connectivity index (χ1n) is 6.35. The molecule has 1 aliphatic rings. The normalized spacial score (nSPS) is 22.2. The SMILES string of the molecule is CCCC(N)CN1CCN(C(C)C)CC1. The molecule has 1 saturated heterocycles. The number of piperazine rings is 1. The quantitative estimate of drug-likeness (QED) is 0.743. The molecule has 1 unspecified atom stereocenters. The van der Waals surface area contributed by atoms with Crippen LogP contribution in [-0.2, 0) is 0 Å². The summed E-state index contributed by atoms with van der Waals surface area (Å²) in [7, 11) is 0. The average molecular weight is 213 g/mol. The minimum Gasteiger partial charge on any atom is -0.327 e. The second-order valence-electron chi connectivity index (χ2n) is 4.98. The van der Waals surface area contributed by atoms with Gasteiger partial charge in [-0.25, -0.2) is 0 Å². The van der Waals surface area contributed by atoms with Crippen LogP contribution >= 0.6 is 0 Å². The van der Waals surface area contributed by atoms with Crippen molar-refractivity contribution >= 4 is 0 Å². The largest absolute Gasteiger partial charge is 0.327 e. The second kappa shape index (κ2) is 6.46. The minimum absolute atomic E-state index is 0.376. The molecule has 15 heavy (non-hydrogen) atoms. The van der Waals surface area contributed by atoms with E-state index in [0.29, 0.717) is 12.1 Å². The van der Waals surface area contributed by atoms with Crippen LogP contribution in [0, 0.1) is 0 Å². The van der Waals surface area contributed by atoms with Gasteiger partial charge in [-0.2, -0.15) is 0 Å². The monoisotopic (exact) mass is 213 g/mol. The van der Waals surface area contributed by atoms with Gasteiger partial charge in [0.15, 0.2) is 0 Å². The van der Waals surface area contributed by atoms with Crippen LogP contribution in [0.4, 0.5) is 0 Å². The maximum Gasteiger partial charge on any atom is 0.0167 e. The topological polar surface area (TPSA) is 32.5 Å². The van der Waals surface area contributed by atoms with Gasteiger partial charge in [0.1, 0.15) is 0 Å². The van der Waals surface area contributed by atoms with Crippen molar-refractivity contribution in [2.75, 3.05) is 32.7 Å². The summed E-state index contributed by atoms with van der Waals surface area (Å²) < 4.78 is 0. The van der Waals surface area contributed by atoms with Crippen molar-refractivity contribution in [1.82, 2.24) is 9.80 Å². The van der Waals surface area contributed by atoms with Crippen LogP contribution in [0.5, 0.6) is 0 Å². The Morgan fingerprint density at radius 3 is 2.20 bits per heavy atom. The van der Waals surface area contributed by atoms with Crippen molar-refractivity contribution in [3.05, 3.63) is 0 Å². The van der Waals surface area contributed by atoms with E-state index in [0.717, 1.165) is 13.0 Å². The van der Waals surface area contributed by atoms with Crippen LogP contribution in [0.25, 0.3) is 0 Å². The number of nitrogens with zero attached hydrogens (tertiary/aromatic N) is 2. The molecule has 0 amide bonds. The number of hydrogen-bond donors (Lipinski definition) is 1. The lowest BCUT2D eigenvalue weighted by atomic mass is 10.1. The zero-order valence-corrected chi connectivity index (χ0v) is 10.6. The first kappa shape index (κ1) is 12.9. The van der Waals surface area contributed by atoms with E-state index in [1.54, 1.807) is 0 Å². The van der Waals surface area contributed by atoms with Gasteiger partial charge in [-0.15, -0.1) is 0 Å². The molecule has 0 aromatic carbocycles. The van der Waals surface area contributed by atoms with Gasteiger partial charge in [0.05, 0.1) is 0 Å². The molecule has 90 valence electrons. The highest BCUT2D eigenvalue weighted by atomic mass is 15.3. The highest BCUT2D eigenvalue weighted by Gasteiger charge is 2.19. The fraction of sp³-hybridized carbons (Fsp3) is 1.00. The van der Waals surface area contributed by atoms with E-state index in [-0.39, 0.29) is 0 Å². The molecule has 0 aromatic rings. The summed E-state index contributed by atoms with van der Waals surface area (Å²) in [4.78, 5) is 5.06. The maximum absolute atomic E-state index is 6.05. The van der Waals surface area contributed by atoms with Gasteiger partial charge in [0, 0.05) is 44.8 Å². The van der Waals surface area contributed by atoms with Gasteiger partial charge in [0.25, 0.3) is 0 Å². The van der Waals surface area contributed by atoms with E-state index in [1.807, 2.05) is 0 Å². The molecule has 1 aliphatic heterocycles. The lowest BCUT2D eigenvalue weighted by molar-refractivity contribution is 0.103. The summed E-state index contributed by atoms with van der Waals surface area (Å²) >= 11 is 0. The van der Waals surface area contributed by atoms with E-state index < -0.39 is 0 Å². The third-order valence-electron chi connectivity index (χ3n) is 3.29. The van der Waals surface area contributed by atoms with Crippen LogP contribution in [-0.4, -0.2) is 54.6 Å². The van der Waals surface area contributed by atoms with E-state index in [9.17, 15) is 0 Å². The third kappa shape index (κ3) is 4.49. The summed E-state index contributed by atoms with van der Waals surface area (Å²) in [5, 5.41) is 0. The fourth-order valence-corrected chi connectivity index (χ4v) is 2.26. The predicted octanol–water partition coefficient (Wildman–Crippen LogP) is 1.14. The standard InChI is InChI=1S/C12H27N3/c1-4-5-12(13)10-14-6-8-15(9-7-14)11(2)3/h11-12H,4-10,13H2,1-3H3. The first-order valence-corrected chi connectivity index (χ1v) is 6.35. The highest BCUT2D eigenvalue weighted by Crippen LogP contribution is 2.07. The van der Waals surface area contributed by atoms with Crippen molar-refractivity contribution in [3.63, 3.8) is 0 Å². The molecule has 3 nitrogen and oxygen atoms in total. The smallest absolute Gasteiger partial charge is 0.0167 e. The van der Waals surface area contributed by atoms with Gasteiger partial charge in [0.2, 0.25) is 0 Å². The summed E-state index contributed by atoms with van der Waals surface area (Å²) in [5.74, 6) is 0. The molecule has 0 spiro atoms. The molecule has 0 saturated carbocycles. The first-order chi connectivity index (χ1) is 7.13. The number of hydrogen-bond acceptors (Lipinski definition) is 3. The zero-order chi connectivity index (χ0) is 11.3. The van der Waals surface area contributed by atoms with E-state index >= 15 is 0 Å². The van der Waals surface area contributed by atoms with Gasteiger partial charge in [-0.3, -0.25) is 9.80 Å². The molecule has 2 N–H and O–H groups in total. The average Bonchev–Trinajstić information content (AvgIpc) is 2.18. The molecule has 0 radical (unpaired) electrons. The summed E-state index contributed by atoms with van der Waals surface area (Å²) in [6, 6.07) is 1.07. The number of nitrogens with two attached hydrogens (primary N) is 1. The Kier molecular flexibility index (Phi) is 5.58. The third-order valence-corrected chi connectivity index (χ3v) is 3.29. The molecule has 1 rings (SSSR count). The molecule has 1 atom stereocenters. The fourth-order valence-electron chi connectivity index (χ4n) is 2.26. The minimum atomic E-state index is 0.376. The predicted molar refractivity (Wildman–Crippen MR) is 66.0 cm³/mol. The summed E-state index contributed by atoms with van der Waals surface area (Å²) in [5.41, 5.74) is 6.05. The molecule has 1 heterocycles. The van der Waals surface area contributed by atoms with E-state index in [1.165, 1.54) is 32.6 Å². The lowest BCUT2D eigenvalue weighted by Gasteiger charge is -2.37. The van der Waals surface area contributed by atoms with Crippen molar-refractivity contribution in [2.24, 2.45) is 5.73 Å². The van der Waals surface area contributed by atoms with Crippen molar-refractivity contribution in [3.8, 4) is 0 Å².